The van der Waals surface area contributed by atoms with Crippen LogP contribution in [0.2, 0.25) is 0 Å². The molecule has 0 saturated carbocycles. The average Bonchev–Trinajstić information content (AvgIpc) is 2.98. The fourth-order valence-electron chi connectivity index (χ4n) is 2.47. The summed E-state index contributed by atoms with van der Waals surface area (Å²) in [5.41, 5.74) is 0.692. The predicted octanol–water partition coefficient (Wildman–Crippen LogP) is 2.82. The molecule has 1 atom stereocenters. The van der Waals surface area contributed by atoms with Crippen molar-refractivity contribution < 1.29 is 13.0 Å². The molecule has 1 aromatic carbocycles. The summed E-state index contributed by atoms with van der Waals surface area (Å²) in [6.45, 7) is 2.39. The zero-order valence-corrected chi connectivity index (χ0v) is 12.8. The molecule has 1 unspecified atom stereocenters. The molecule has 6 nitrogen and oxygen atoms in total. The highest BCUT2D eigenvalue weighted by Gasteiger charge is 2.33. The van der Waals surface area contributed by atoms with Crippen molar-refractivity contribution >= 4 is 16.0 Å². The predicted molar refractivity (Wildman–Crippen MR) is 81.2 cm³/mol. The summed E-state index contributed by atoms with van der Waals surface area (Å²) in [4.78, 5) is 4.33. The fraction of sp³-hybridized carbons (Fsp3) is 0.500. The number of benzene rings is 1. The Hall–Kier alpha value is -1.60. The van der Waals surface area contributed by atoms with Crippen LogP contribution in [0.1, 0.15) is 31.7 Å². The summed E-state index contributed by atoms with van der Waals surface area (Å²) in [7, 11) is -3.90. The van der Waals surface area contributed by atoms with E-state index < -0.39 is 10.1 Å². The van der Waals surface area contributed by atoms with Crippen molar-refractivity contribution in [1.29, 1.82) is 0 Å². The van der Waals surface area contributed by atoms with Gasteiger partial charge in [0, 0.05) is 0 Å². The molecular weight excluding hydrogens is 290 g/mol. The van der Waals surface area contributed by atoms with Crippen LogP contribution in [0.4, 0.5) is 0 Å². The fourth-order valence-corrected chi connectivity index (χ4v) is 3.04. The van der Waals surface area contributed by atoms with E-state index in [0.29, 0.717) is 31.8 Å². The van der Waals surface area contributed by atoms with E-state index in [0.717, 1.165) is 5.56 Å². The molecule has 0 amide bonds. The smallest absolute Gasteiger partial charge is 0.264 e. The Kier molecular flexibility index (Phi) is 4.84. The Bertz CT molecular complexity index is 641. The molecule has 1 aliphatic rings. The van der Waals surface area contributed by atoms with Gasteiger partial charge < -0.3 is 0 Å². The minimum atomic E-state index is -3.90. The number of aliphatic imine (C=N–C) groups is 1. The molecule has 0 aliphatic carbocycles. The normalized spacial score (nSPS) is 17.5. The minimum absolute atomic E-state index is 0.216. The van der Waals surface area contributed by atoms with Crippen molar-refractivity contribution in [3.8, 4) is 0 Å². The van der Waals surface area contributed by atoms with E-state index in [-0.39, 0.29) is 11.2 Å². The van der Waals surface area contributed by atoms with Crippen molar-refractivity contribution in [2.24, 2.45) is 15.2 Å². The van der Waals surface area contributed by atoms with Crippen molar-refractivity contribution in [1.82, 2.24) is 0 Å². The van der Waals surface area contributed by atoms with Gasteiger partial charge >= 0.3 is 0 Å². The van der Waals surface area contributed by atoms with Crippen LogP contribution in [0.3, 0.4) is 0 Å². The van der Waals surface area contributed by atoms with Gasteiger partial charge in [0.1, 0.15) is 0 Å². The first-order valence-corrected chi connectivity index (χ1v) is 8.46. The minimum Gasteiger partial charge on any atom is -0.286 e. The second-order valence-electron chi connectivity index (χ2n) is 5.31. The molecule has 1 aliphatic heterocycles. The molecule has 0 radical (unpaired) electrons. The van der Waals surface area contributed by atoms with E-state index in [1.54, 1.807) is 0 Å². The molecule has 2 rings (SSSR count). The summed E-state index contributed by atoms with van der Waals surface area (Å²) in [5, 5.41) is 8.03. The first kappa shape index (κ1) is 15.8. The van der Waals surface area contributed by atoms with E-state index in [4.69, 9.17) is 4.55 Å². The lowest BCUT2D eigenvalue weighted by Crippen LogP contribution is -2.31. The zero-order chi connectivity index (χ0) is 15.3. The molecule has 1 heterocycles. The molecule has 0 aromatic heterocycles. The van der Waals surface area contributed by atoms with Gasteiger partial charge in [-0.15, -0.1) is 5.11 Å². The number of rotatable bonds is 7. The van der Waals surface area contributed by atoms with Gasteiger partial charge in [0.2, 0.25) is 0 Å². The van der Waals surface area contributed by atoms with Crippen LogP contribution in [-0.2, 0) is 15.5 Å². The lowest BCUT2D eigenvalue weighted by atomic mass is 9.77. The summed E-state index contributed by atoms with van der Waals surface area (Å²) in [5.74, 6) is 0.465. The number of amidine groups is 1. The number of nitrogens with zero attached hydrogens (tertiary/aromatic N) is 3. The van der Waals surface area contributed by atoms with E-state index >= 15 is 0 Å². The molecule has 0 saturated heterocycles. The van der Waals surface area contributed by atoms with E-state index in [9.17, 15) is 8.42 Å². The maximum absolute atomic E-state index is 10.8. The molecule has 21 heavy (non-hydrogen) atoms. The third kappa shape index (κ3) is 4.18. The Morgan fingerprint density at radius 2 is 1.95 bits per heavy atom. The second kappa shape index (κ2) is 6.44. The van der Waals surface area contributed by atoms with Crippen LogP contribution in [0, 0.1) is 0 Å². The van der Waals surface area contributed by atoms with Gasteiger partial charge in [0.25, 0.3) is 10.1 Å². The molecule has 114 valence electrons. The summed E-state index contributed by atoms with van der Waals surface area (Å²) in [6, 6.07) is 9.88. The first-order chi connectivity index (χ1) is 9.92. The Morgan fingerprint density at radius 3 is 2.52 bits per heavy atom. The van der Waals surface area contributed by atoms with Gasteiger partial charge in [-0.1, -0.05) is 36.8 Å². The monoisotopic (exact) mass is 309 g/mol. The van der Waals surface area contributed by atoms with Gasteiger partial charge in [-0.3, -0.25) is 4.55 Å². The Balaban J connectivity index is 2.12. The Labute approximate surface area is 124 Å². The second-order valence-corrected chi connectivity index (χ2v) is 6.88. The Morgan fingerprint density at radius 1 is 1.24 bits per heavy atom. The average molecular weight is 309 g/mol. The molecule has 0 bridgehead atoms. The molecule has 0 spiro atoms. The highest BCUT2D eigenvalue weighted by molar-refractivity contribution is 7.85. The van der Waals surface area contributed by atoms with Crippen LogP contribution in [-0.4, -0.2) is 31.2 Å². The van der Waals surface area contributed by atoms with Crippen LogP contribution in [0.15, 0.2) is 45.6 Å². The maximum atomic E-state index is 10.8. The van der Waals surface area contributed by atoms with E-state index in [1.165, 1.54) is 0 Å². The van der Waals surface area contributed by atoms with E-state index in [2.05, 4.69) is 15.2 Å². The summed E-state index contributed by atoms with van der Waals surface area (Å²) in [6.07, 6.45) is 1.76. The van der Waals surface area contributed by atoms with Gasteiger partial charge in [0.15, 0.2) is 12.5 Å². The molecule has 1 N–H and O–H groups in total. The highest BCUT2D eigenvalue weighted by atomic mass is 32.2. The van der Waals surface area contributed by atoms with Gasteiger partial charge in [-0.05, 0) is 25.3 Å². The van der Waals surface area contributed by atoms with Crippen LogP contribution in [0.5, 0.6) is 0 Å². The van der Waals surface area contributed by atoms with Crippen molar-refractivity contribution in [2.75, 3.05) is 12.4 Å². The summed E-state index contributed by atoms with van der Waals surface area (Å²) < 4.78 is 30.4. The van der Waals surface area contributed by atoms with E-state index in [1.807, 2.05) is 37.3 Å². The maximum Gasteiger partial charge on any atom is 0.264 e. The third-order valence-corrected chi connectivity index (χ3v) is 4.49. The molecular formula is C14H19N3O3S. The number of hydrogen-bond acceptors (Lipinski definition) is 5. The van der Waals surface area contributed by atoms with Crippen LogP contribution in [0.25, 0.3) is 0 Å². The highest BCUT2D eigenvalue weighted by Crippen LogP contribution is 2.33. The van der Waals surface area contributed by atoms with Crippen molar-refractivity contribution in [3.63, 3.8) is 0 Å². The van der Waals surface area contributed by atoms with Crippen LogP contribution < -0.4 is 0 Å². The van der Waals surface area contributed by atoms with Crippen molar-refractivity contribution in [2.45, 2.75) is 31.6 Å². The SMILES string of the molecule is CC(CCCCS(=O)(=O)O)(C1=NCN=N1)c1ccccc1. The summed E-state index contributed by atoms with van der Waals surface area (Å²) >= 11 is 0. The largest absolute Gasteiger partial charge is 0.286 e. The lowest BCUT2D eigenvalue weighted by molar-refractivity contribution is 0.474. The quantitative estimate of drug-likeness (QED) is 0.620. The van der Waals surface area contributed by atoms with Gasteiger partial charge in [-0.2, -0.15) is 13.5 Å². The van der Waals surface area contributed by atoms with Crippen molar-refractivity contribution in [3.05, 3.63) is 35.9 Å². The molecule has 0 fully saturated rings. The first-order valence-electron chi connectivity index (χ1n) is 6.85. The number of hydrogen-bond donors (Lipinski definition) is 1. The number of unbranched alkanes of at least 4 members (excludes halogenated alkanes) is 1. The van der Waals surface area contributed by atoms with Gasteiger partial charge in [0.05, 0.1) is 11.2 Å². The topological polar surface area (TPSA) is 91.5 Å². The van der Waals surface area contributed by atoms with Crippen LogP contribution >= 0.6 is 0 Å². The standard InChI is InChI=1S/C14H19N3O3S/c1-14(13-15-11-16-17-13,12-7-3-2-4-8-12)9-5-6-10-21(18,19)20/h2-4,7-8H,5-6,9-11H2,1H3,(H,18,19,20). The third-order valence-electron chi connectivity index (χ3n) is 3.68. The number of azo groups is 1. The molecule has 1 aromatic rings. The zero-order valence-electron chi connectivity index (χ0n) is 11.9. The lowest BCUT2D eigenvalue weighted by Gasteiger charge is -2.28. The molecule has 7 heteroatoms. The van der Waals surface area contributed by atoms with Gasteiger partial charge in [-0.25, -0.2) is 4.99 Å².